The Bertz CT molecular complexity index is 1050. The van der Waals surface area contributed by atoms with E-state index in [0.29, 0.717) is 24.0 Å². The molecule has 6 nitrogen and oxygen atoms in total. The van der Waals surface area contributed by atoms with E-state index in [1.165, 1.54) is 30.5 Å². The first kappa shape index (κ1) is 20.9. The topological polar surface area (TPSA) is 73.3 Å². The lowest BCUT2D eigenvalue weighted by atomic mass is 10.0. The minimum Gasteiger partial charge on any atom is -0.491 e. The summed E-state index contributed by atoms with van der Waals surface area (Å²) in [6.45, 7) is 1.95. The second-order valence-electron chi connectivity index (χ2n) is 7.20. The van der Waals surface area contributed by atoms with Crippen LogP contribution < -0.4 is 10.1 Å². The van der Waals surface area contributed by atoms with Crippen molar-refractivity contribution < 1.29 is 23.0 Å². The first-order valence-electron chi connectivity index (χ1n) is 9.99. The quantitative estimate of drug-likeness (QED) is 0.630. The second kappa shape index (κ2) is 9.61. The largest absolute Gasteiger partial charge is 0.491 e. The van der Waals surface area contributed by atoms with Crippen LogP contribution in [0.1, 0.15) is 23.3 Å². The Labute approximate surface area is 178 Å². The van der Waals surface area contributed by atoms with Crippen molar-refractivity contribution in [3.63, 3.8) is 0 Å². The number of hydrogen-bond acceptors (Lipinski definition) is 5. The van der Waals surface area contributed by atoms with Gasteiger partial charge in [0.25, 0.3) is 5.91 Å². The van der Waals surface area contributed by atoms with E-state index >= 15 is 0 Å². The maximum Gasteiger partial charge on any atom is 0.274 e. The van der Waals surface area contributed by atoms with Gasteiger partial charge in [0.1, 0.15) is 28.8 Å². The molecule has 0 unspecified atom stereocenters. The molecule has 160 valence electrons. The van der Waals surface area contributed by atoms with Crippen LogP contribution in [0.5, 0.6) is 5.75 Å². The van der Waals surface area contributed by atoms with Crippen molar-refractivity contribution in [2.75, 3.05) is 25.1 Å². The van der Waals surface area contributed by atoms with Crippen LogP contribution in [0, 0.1) is 17.6 Å². The fourth-order valence-electron chi connectivity index (χ4n) is 3.35. The SMILES string of the molecule is O=C(Nc1cnccc1OCC1CCOCC1)c1cccc(-c2c(F)cccc2F)n1. The predicted octanol–water partition coefficient (Wildman–Crippen LogP) is 4.48. The lowest BCUT2D eigenvalue weighted by Crippen LogP contribution is -2.22. The third-order valence-electron chi connectivity index (χ3n) is 5.05. The van der Waals surface area contributed by atoms with Crippen molar-refractivity contribution in [1.29, 1.82) is 0 Å². The fourth-order valence-corrected chi connectivity index (χ4v) is 3.35. The summed E-state index contributed by atoms with van der Waals surface area (Å²) in [5.74, 6) is -1.16. The number of hydrogen-bond donors (Lipinski definition) is 1. The molecule has 8 heteroatoms. The molecule has 1 amide bonds. The molecule has 1 aliphatic heterocycles. The van der Waals surface area contributed by atoms with E-state index in [1.807, 2.05) is 0 Å². The number of nitrogens with zero attached hydrogens (tertiary/aromatic N) is 2. The van der Waals surface area contributed by atoms with E-state index in [-0.39, 0.29) is 17.0 Å². The molecule has 3 heterocycles. The van der Waals surface area contributed by atoms with Gasteiger partial charge in [-0.05, 0) is 43.0 Å². The van der Waals surface area contributed by atoms with Gasteiger partial charge >= 0.3 is 0 Å². The van der Waals surface area contributed by atoms with Gasteiger partial charge in [-0.1, -0.05) is 12.1 Å². The van der Waals surface area contributed by atoms with Gasteiger partial charge in [-0.25, -0.2) is 13.8 Å². The highest BCUT2D eigenvalue weighted by molar-refractivity contribution is 6.03. The van der Waals surface area contributed by atoms with E-state index in [4.69, 9.17) is 9.47 Å². The first-order chi connectivity index (χ1) is 15.1. The van der Waals surface area contributed by atoms with Crippen LogP contribution in [-0.2, 0) is 4.74 Å². The van der Waals surface area contributed by atoms with Crippen molar-refractivity contribution in [3.05, 3.63) is 72.2 Å². The number of aromatic nitrogens is 2. The number of benzene rings is 1. The van der Waals surface area contributed by atoms with E-state index in [2.05, 4.69) is 15.3 Å². The maximum atomic E-state index is 14.1. The number of nitrogens with one attached hydrogen (secondary N) is 1. The lowest BCUT2D eigenvalue weighted by Gasteiger charge is -2.22. The highest BCUT2D eigenvalue weighted by atomic mass is 19.1. The molecule has 2 aromatic heterocycles. The zero-order chi connectivity index (χ0) is 21.6. The van der Waals surface area contributed by atoms with Crippen LogP contribution in [0.25, 0.3) is 11.3 Å². The summed E-state index contributed by atoms with van der Waals surface area (Å²) in [5.41, 5.74) is 0.160. The molecule has 1 aromatic carbocycles. The molecule has 4 rings (SSSR count). The van der Waals surface area contributed by atoms with Crippen LogP contribution in [0.2, 0.25) is 0 Å². The minimum absolute atomic E-state index is 0.0133. The molecule has 0 atom stereocenters. The molecule has 1 saturated heterocycles. The van der Waals surface area contributed by atoms with Crippen LogP contribution in [-0.4, -0.2) is 35.7 Å². The molecule has 0 saturated carbocycles. The van der Waals surface area contributed by atoms with Gasteiger partial charge in [0.05, 0.1) is 24.1 Å². The fraction of sp³-hybridized carbons (Fsp3) is 0.261. The van der Waals surface area contributed by atoms with E-state index in [1.54, 1.807) is 12.3 Å². The molecular formula is C23H21F2N3O3. The predicted molar refractivity (Wildman–Crippen MR) is 111 cm³/mol. The Hall–Kier alpha value is -3.39. The van der Waals surface area contributed by atoms with Gasteiger partial charge in [-0.15, -0.1) is 0 Å². The molecule has 31 heavy (non-hydrogen) atoms. The molecule has 0 radical (unpaired) electrons. The zero-order valence-corrected chi connectivity index (χ0v) is 16.7. The van der Waals surface area contributed by atoms with E-state index in [0.717, 1.165) is 38.2 Å². The Kier molecular flexibility index (Phi) is 6.47. The molecule has 0 bridgehead atoms. The Balaban J connectivity index is 1.50. The molecule has 1 aliphatic rings. The number of anilines is 1. The Morgan fingerprint density at radius 1 is 1.10 bits per heavy atom. The van der Waals surface area contributed by atoms with Crippen molar-refractivity contribution in [1.82, 2.24) is 9.97 Å². The zero-order valence-electron chi connectivity index (χ0n) is 16.7. The number of amides is 1. The monoisotopic (exact) mass is 425 g/mol. The van der Waals surface area contributed by atoms with Crippen LogP contribution in [0.3, 0.4) is 0 Å². The number of carbonyl (C=O) groups excluding carboxylic acids is 1. The third-order valence-corrected chi connectivity index (χ3v) is 5.05. The molecule has 1 fully saturated rings. The smallest absolute Gasteiger partial charge is 0.274 e. The van der Waals surface area contributed by atoms with Crippen LogP contribution in [0.15, 0.2) is 54.9 Å². The average molecular weight is 425 g/mol. The highest BCUT2D eigenvalue weighted by Gasteiger charge is 2.18. The minimum atomic E-state index is -0.749. The molecule has 1 N–H and O–H groups in total. The second-order valence-corrected chi connectivity index (χ2v) is 7.20. The molecular weight excluding hydrogens is 404 g/mol. The molecule has 3 aromatic rings. The summed E-state index contributed by atoms with van der Waals surface area (Å²) in [5, 5.41) is 2.72. The maximum absolute atomic E-state index is 14.1. The van der Waals surface area contributed by atoms with Gasteiger partial charge in [0.15, 0.2) is 0 Å². The first-order valence-corrected chi connectivity index (χ1v) is 9.99. The summed E-state index contributed by atoms with van der Waals surface area (Å²) < 4.78 is 39.5. The highest BCUT2D eigenvalue weighted by Crippen LogP contribution is 2.27. The van der Waals surface area contributed by atoms with Crippen LogP contribution in [0.4, 0.5) is 14.5 Å². The third kappa shape index (κ3) is 5.03. The summed E-state index contributed by atoms with van der Waals surface area (Å²) in [6, 6.07) is 9.67. The summed E-state index contributed by atoms with van der Waals surface area (Å²) >= 11 is 0. The number of rotatable bonds is 6. The van der Waals surface area contributed by atoms with Crippen LogP contribution >= 0.6 is 0 Å². The standard InChI is InChI=1S/C23H21F2N3O3/c24-16-3-1-4-17(25)22(16)18-5-2-6-19(27-18)23(29)28-20-13-26-10-7-21(20)31-14-15-8-11-30-12-9-15/h1-7,10,13,15H,8-9,11-12,14H2,(H,28,29). The van der Waals surface area contributed by atoms with E-state index < -0.39 is 17.5 Å². The number of carbonyl (C=O) groups is 1. The number of pyridine rings is 2. The van der Waals surface area contributed by atoms with Gasteiger partial charge in [-0.2, -0.15) is 0 Å². The normalized spacial score (nSPS) is 14.3. The van der Waals surface area contributed by atoms with Crippen molar-refractivity contribution in [3.8, 4) is 17.0 Å². The lowest BCUT2D eigenvalue weighted by molar-refractivity contribution is 0.0498. The van der Waals surface area contributed by atoms with E-state index in [9.17, 15) is 13.6 Å². The van der Waals surface area contributed by atoms with Crippen molar-refractivity contribution in [2.24, 2.45) is 5.92 Å². The van der Waals surface area contributed by atoms with Crippen molar-refractivity contribution >= 4 is 11.6 Å². The number of halogens is 2. The summed E-state index contributed by atoms with van der Waals surface area (Å²) in [4.78, 5) is 20.9. The van der Waals surface area contributed by atoms with Gasteiger partial charge in [0.2, 0.25) is 0 Å². The summed E-state index contributed by atoms with van der Waals surface area (Å²) in [6.07, 6.45) is 4.92. The van der Waals surface area contributed by atoms with Gasteiger partial charge in [-0.3, -0.25) is 9.78 Å². The summed E-state index contributed by atoms with van der Waals surface area (Å²) in [7, 11) is 0. The molecule has 0 spiro atoms. The Morgan fingerprint density at radius 2 is 1.84 bits per heavy atom. The number of ether oxygens (including phenoxy) is 2. The van der Waals surface area contributed by atoms with Gasteiger partial charge < -0.3 is 14.8 Å². The van der Waals surface area contributed by atoms with Gasteiger partial charge in [0, 0.05) is 25.5 Å². The molecule has 0 aliphatic carbocycles. The van der Waals surface area contributed by atoms with Crippen molar-refractivity contribution in [2.45, 2.75) is 12.8 Å². The Morgan fingerprint density at radius 3 is 2.61 bits per heavy atom. The average Bonchev–Trinajstić information content (AvgIpc) is 2.79.